The molecule has 1 aliphatic rings. The van der Waals surface area contributed by atoms with Crippen LogP contribution in [0, 0.1) is 6.92 Å². The molecule has 0 unspecified atom stereocenters. The summed E-state index contributed by atoms with van der Waals surface area (Å²) in [5, 5.41) is 2.47. The number of rotatable bonds is 7. The average Bonchev–Trinajstić information content (AvgIpc) is 3.74. The Bertz CT molecular complexity index is 3150. The molecular formula is C58H44N2. The van der Waals surface area contributed by atoms with Crippen LogP contribution in [-0.4, -0.2) is 4.57 Å². The van der Waals surface area contributed by atoms with Crippen LogP contribution in [0.3, 0.4) is 0 Å². The lowest BCUT2D eigenvalue weighted by Gasteiger charge is -2.27. The Hall–Kier alpha value is -7.42. The SMILES string of the molecule is Cc1ccc2c(c1)c1cc(N(c3ccc(-c4ccc5c(c4)C(C)(C)c4ccccc4-5)cc3)c3cc(-c4ccccc4)cc(-c4ccccc4)c3)ccc1n2-c1ccccc1. The van der Waals surface area contributed by atoms with E-state index in [1.165, 1.54) is 83.0 Å². The van der Waals surface area contributed by atoms with Gasteiger partial charge in [0.05, 0.1) is 11.0 Å². The quantitative estimate of drug-likeness (QED) is 0.157. The van der Waals surface area contributed by atoms with Crippen molar-refractivity contribution in [2.45, 2.75) is 26.2 Å². The van der Waals surface area contributed by atoms with Gasteiger partial charge in [0.2, 0.25) is 0 Å². The highest BCUT2D eigenvalue weighted by atomic mass is 15.1. The van der Waals surface area contributed by atoms with Gasteiger partial charge in [-0.05, 0) is 141 Å². The van der Waals surface area contributed by atoms with Crippen molar-refractivity contribution in [3.8, 4) is 50.2 Å². The Morgan fingerprint density at radius 3 is 1.58 bits per heavy atom. The molecule has 0 spiro atoms. The highest BCUT2D eigenvalue weighted by Gasteiger charge is 2.35. The second-order valence-electron chi connectivity index (χ2n) is 16.7. The molecule has 60 heavy (non-hydrogen) atoms. The van der Waals surface area contributed by atoms with E-state index in [9.17, 15) is 0 Å². The minimum Gasteiger partial charge on any atom is -0.310 e. The number of para-hydroxylation sites is 1. The van der Waals surface area contributed by atoms with Gasteiger partial charge in [0, 0.05) is 38.9 Å². The van der Waals surface area contributed by atoms with Crippen molar-refractivity contribution in [2.75, 3.05) is 4.90 Å². The van der Waals surface area contributed by atoms with E-state index in [0.717, 1.165) is 22.7 Å². The smallest absolute Gasteiger partial charge is 0.0542 e. The lowest BCUT2D eigenvalue weighted by atomic mass is 9.81. The minimum absolute atomic E-state index is 0.0558. The van der Waals surface area contributed by atoms with Crippen LogP contribution in [0.25, 0.3) is 72.0 Å². The van der Waals surface area contributed by atoms with Gasteiger partial charge < -0.3 is 9.47 Å². The van der Waals surface area contributed by atoms with E-state index in [4.69, 9.17) is 0 Å². The summed E-state index contributed by atoms with van der Waals surface area (Å²) in [5.41, 5.74) is 20.7. The zero-order valence-corrected chi connectivity index (χ0v) is 34.1. The predicted octanol–water partition coefficient (Wildman–Crippen LogP) is 15.9. The molecule has 0 radical (unpaired) electrons. The van der Waals surface area contributed by atoms with Crippen molar-refractivity contribution >= 4 is 38.9 Å². The van der Waals surface area contributed by atoms with Crippen molar-refractivity contribution in [1.29, 1.82) is 0 Å². The lowest BCUT2D eigenvalue weighted by Crippen LogP contribution is -2.14. The number of hydrogen-bond acceptors (Lipinski definition) is 1. The van der Waals surface area contributed by atoms with Crippen LogP contribution >= 0.6 is 0 Å². The van der Waals surface area contributed by atoms with E-state index < -0.39 is 0 Å². The Morgan fingerprint density at radius 2 is 0.900 bits per heavy atom. The second-order valence-corrected chi connectivity index (χ2v) is 16.7. The maximum absolute atomic E-state index is 2.44. The molecule has 0 fully saturated rings. The van der Waals surface area contributed by atoms with Gasteiger partial charge in [0.1, 0.15) is 0 Å². The highest BCUT2D eigenvalue weighted by molar-refractivity contribution is 6.11. The first-order valence-corrected chi connectivity index (χ1v) is 20.9. The van der Waals surface area contributed by atoms with Crippen molar-refractivity contribution in [2.24, 2.45) is 0 Å². The van der Waals surface area contributed by atoms with Gasteiger partial charge in [-0.3, -0.25) is 0 Å². The standard InChI is InChI=1S/C58H44N2/c1-39-23-31-56-52(33-39)53-38-48(29-32-57(53)60(56)46-19-11-6-12-20-46)59(49-35-44(40-15-7-4-8-16-40)34-45(36-49)41-17-9-5-10-18-41)47-27-24-42(25-28-47)43-26-30-51-50-21-13-14-22-54(50)58(2,3)55(51)37-43/h4-38H,1-3H3. The van der Waals surface area contributed by atoms with Crippen molar-refractivity contribution in [3.63, 3.8) is 0 Å². The summed E-state index contributed by atoms with van der Waals surface area (Å²) in [6.45, 7) is 6.89. The third kappa shape index (κ3) is 5.95. The molecule has 0 aliphatic heterocycles. The molecule has 0 N–H and O–H groups in total. The summed E-state index contributed by atoms with van der Waals surface area (Å²) in [5.74, 6) is 0. The van der Waals surface area contributed by atoms with E-state index in [0.29, 0.717) is 0 Å². The van der Waals surface area contributed by atoms with E-state index in [-0.39, 0.29) is 5.41 Å². The molecule has 0 bridgehead atoms. The number of aryl methyl sites for hydroxylation is 1. The Balaban J connectivity index is 1.10. The Labute approximate surface area is 352 Å². The van der Waals surface area contributed by atoms with E-state index in [2.05, 4.69) is 243 Å². The lowest BCUT2D eigenvalue weighted by molar-refractivity contribution is 0.660. The topological polar surface area (TPSA) is 8.17 Å². The Kier molecular flexibility index (Phi) is 8.42. The predicted molar refractivity (Wildman–Crippen MR) is 254 cm³/mol. The molecular weight excluding hydrogens is 725 g/mol. The third-order valence-electron chi connectivity index (χ3n) is 12.6. The molecule has 1 heterocycles. The Morgan fingerprint density at radius 1 is 0.367 bits per heavy atom. The zero-order valence-electron chi connectivity index (χ0n) is 34.1. The van der Waals surface area contributed by atoms with Gasteiger partial charge in [-0.25, -0.2) is 0 Å². The maximum Gasteiger partial charge on any atom is 0.0542 e. The van der Waals surface area contributed by atoms with Crippen LogP contribution < -0.4 is 4.90 Å². The first-order chi connectivity index (χ1) is 29.4. The van der Waals surface area contributed by atoms with Gasteiger partial charge in [0.15, 0.2) is 0 Å². The summed E-state index contributed by atoms with van der Waals surface area (Å²) in [6.07, 6.45) is 0. The third-order valence-corrected chi connectivity index (χ3v) is 12.6. The van der Waals surface area contributed by atoms with Gasteiger partial charge >= 0.3 is 0 Å². The molecule has 1 aromatic heterocycles. The van der Waals surface area contributed by atoms with Crippen molar-refractivity contribution < 1.29 is 0 Å². The first kappa shape index (κ1) is 35.7. The molecule has 0 saturated carbocycles. The normalized spacial score (nSPS) is 12.7. The van der Waals surface area contributed by atoms with Crippen LogP contribution in [0.1, 0.15) is 30.5 Å². The van der Waals surface area contributed by atoms with Gasteiger partial charge in [-0.1, -0.05) is 153 Å². The van der Waals surface area contributed by atoms with Gasteiger partial charge in [-0.2, -0.15) is 0 Å². The highest BCUT2D eigenvalue weighted by Crippen LogP contribution is 2.50. The molecule has 286 valence electrons. The summed E-state index contributed by atoms with van der Waals surface area (Å²) in [4.78, 5) is 2.44. The molecule has 1 aliphatic carbocycles. The molecule has 11 rings (SSSR count). The molecule has 2 heteroatoms. The second kappa shape index (κ2) is 14.1. The number of aromatic nitrogens is 1. The van der Waals surface area contributed by atoms with Gasteiger partial charge in [0.25, 0.3) is 0 Å². The van der Waals surface area contributed by atoms with Crippen LogP contribution in [0.4, 0.5) is 17.1 Å². The number of hydrogen-bond donors (Lipinski definition) is 0. The molecule has 2 nitrogen and oxygen atoms in total. The van der Waals surface area contributed by atoms with Crippen molar-refractivity contribution in [1.82, 2.24) is 4.57 Å². The minimum atomic E-state index is -0.0558. The fourth-order valence-corrected chi connectivity index (χ4v) is 9.59. The summed E-state index contributed by atoms with van der Waals surface area (Å²) in [7, 11) is 0. The van der Waals surface area contributed by atoms with Gasteiger partial charge in [-0.15, -0.1) is 0 Å². The first-order valence-electron chi connectivity index (χ1n) is 20.9. The summed E-state index contributed by atoms with van der Waals surface area (Å²) < 4.78 is 2.40. The fourth-order valence-electron chi connectivity index (χ4n) is 9.59. The fraction of sp³-hybridized carbons (Fsp3) is 0.0690. The maximum atomic E-state index is 2.44. The molecule has 9 aromatic carbocycles. The van der Waals surface area contributed by atoms with E-state index >= 15 is 0 Å². The van der Waals surface area contributed by atoms with Crippen LogP contribution in [0.15, 0.2) is 212 Å². The van der Waals surface area contributed by atoms with Crippen molar-refractivity contribution in [3.05, 3.63) is 229 Å². The molecule has 0 atom stereocenters. The summed E-state index contributed by atoms with van der Waals surface area (Å²) in [6, 6.07) is 78.1. The molecule has 0 saturated heterocycles. The monoisotopic (exact) mass is 768 g/mol. The number of benzene rings is 9. The van der Waals surface area contributed by atoms with Crippen LogP contribution in [0.2, 0.25) is 0 Å². The molecule has 0 amide bonds. The number of fused-ring (bicyclic) bond motifs is 6. The number of anilines is 3. The summed E-state index contributed by atoms with van der Waals surface area (Å²) >= 11 is 0. The largest absolute Gasteiger partial charge is 0.310 e. The van der Waals surface area contributed by atoms with Crippen LogP contribution in [-0.2, 0) is 5.41 Å². The van der Waals surface area contributed by atoms with E-state index in [1.54, 1.807) is 0 Å². The molecule has 10 aromatic rings. The number of nitrogens with zero attached hydrogens (tertiary/aromatic N) is 2. The van der Waals surface area contributed by atoms with E-state index in [1.807, 2.05) is 0 Å². The zero-order chi connectivity index (χ0) is 40.4. The van der Waals surface area contributed by atoms with Crippen LogP contribution in [0.5, 0.6) is 0 Å². The average molecular weight is 769 g/mol.